The number of hydrogen-bond donors (Lipinski definition) is 2. The molecule has 6 heteroatoms. The van der Waals surface area contributed by atoms with Crippen molar-refractivity contribution in [3.63, 3.8) is 0 Å². The SMILES string of the molecule is COCCN(C)CCCC(=O)Nc1ccc(Cl)c(N)c1. The van der Waals surface area contributed by atoms with E-state index in [-0.39, 0.29) is 5.91 Å². The summed E-state index contributed by atoms with van der Waals surface area (Å²) < 4.78 is 5.00. The number of rotatable bonds is 8. The number of likely N-dealkylation sites (N-methyl/N-ethyl adjacent to an activating group) is 1. The van der Waals surface area contributed by atoms with Gasteiger partial charge < -0.3 is 20.7 Å². The van der Waals surface area contributed by atoms with E-state index in [1.165, 1.54) is 0 Å². The molecule has 20 heavy (non-hydrogen) atoms. The lowest BCUT2D eigenvalue weighted by Gasteiger charge is -2.15. The van der Waals surface area contributed by atoms with Gasteiger partial charge >= 0.3 is 0 Å². The number of halogens is 1. The molecule has 0 unspecified atom stereocenters. The summed E-state index contributed by atoms with van der Waals surface area (Å²) in [4.78, 5) is 13.9. The third-order valence-corrected chi connectivity index (χ3v) is 3.24. The van der Waals surface area contributed by atoms with Crippen molar-refractivity contribution in [2.24, 2.45) is 0 Å². The molecule has 1 rings (SSSR count). The Morgan fingerprint density at radius 3 is 2.85 bits per heavy atom. The molecule has 1 aromatic carbocycles. The predicted molar refractivity (Wildman–Crippen MR) is 83.1 cm³/mol. The largest absolute Gasteiger partial charge is 0.397 e. The first-order chi connectivity index (χ1) is 9.52. The maximum Gasteiger partial charge on any atom is 0.224 e. The molecule has 0 aromatic heterocycles. The fourth-order valence-electron chi connectivity index (χ4n) is 1.71. The average Bonchev–Trinajstić information content (AvgIpc) is 2.40. The fraction of sp³-hybridized carbons (Fsp3) is 0.500. The number of hydrogen-bond acceptors (Lipinski definition) is 4. The first kappa shape index (κ1) is 16.8. The Hall–Kier alpha value is -1.30. The molecule has 5 nitrogen and oxygen atoms in total. The monoisotopic (exact) mass is 299 g/mol. The van der Waals surface area contributed by atoms with Crippen LogP contribution in [0.25, 0.3) is 0 Å². The van der Waals surface area contributed by atoms with Crippen molar-refractivity contribution >= 4 is 28.9 Å². The van der Waals surface area contributed by atoms with Crippen LogP contribution in [0.5, 0.6) is 0 Å². The number of ether oxygens (including phenoxy) is 1. The average molecular weight is 300 g/mol. The van der Waals surface area contributed by atoms with Crippen molar-refractivity contribution in [3.05, 3.63) is 23.2 Å². The molecule has 0 atom stereocenters. The van der Waals surface area contributed by atoms with E-state index in [1.807, 2.05) is 7.05 Å². The molecule has 1 aromatic rings. The van der Waals surface area contributed by atoms with Gasteiger partial charge in [0.15, 0.2) is 0 Å². The van der Waals surface area contributed by atoms with Gasteiger partial charge in [-0.25, -0.2) is 0 Å². The maximum atomic E-state index is 11.8. The van der Waals surface area contributed by atoms with Crippen LogP contribution >= 0.6 is 11.6 Å². The lowest BCUT2D eigenvalue weighted by molar-refractivity contribution is -0.116. The van der Waals surface area contributed by atoms with Crippen LogP contribution in [0.4, 0.5) is 11.4 Å². The van der Waals surface area contributed by atoms with Crippen LogP contribution < -0.4 is 11.1 Å². The number of carbonyl (C=O) groups is 1. The van der Waals surface area contributed by atoms with E-state index in [0.717, 1.165) is 19.5 Å². The summed E-state index contributed by atoms with van der Waals surface area (Å²) >= 11 is 5.82. The molecule has 0 saturated carbocycles. The molecule has 0 fully saturated rings. The van der Waals surface area contributed by atoms with Gasteiger partial charge in [0, 0.05) is 25.8 Å². The Kier molecular flexibility index (Phi) is 7.36. The molecular formula is C14H22ClN3O2. The number of nitrogens with one attached hydrogen (secondary N) is 1. The summed E-state index contributed by atoms with van der Waals surface area (Å²) in [6, 6.07) is 5.07. The molecule has 0 spiro atoms. The Bertz CT molecular complexity index is 440. The summed E-state index contributed by atoms with van der Waals surface area (Å²) in [5.74, 6) is -0.0214. The minimum Gasteiger partial charge on any atom is -0.397 e. The van der Waals surface area contributed by atoms with Gasteiger partial charge in [0.1, 0.15) is 0 Å². The van der Waals surface area contributed by atoms with E-state index in [9.17, 15) is 4.79 Å². The van der Waals surface area contributed by atoms with E-state index in [0.29, 0.717) is 29.4 Å². The molecule has 0 bridgehead atoms. The fourth-order valence-corrected chi connectivity index (χ4v) is 1.83. The van der Waals surface area contributed by atoms with Gasteiger partial charge in [0.05, 0.1) is 17.3 Å². The molecule has 3 N–H and O–H groups in total. The molecular weight excluding hydrogens is 278 g/mol. The van der Waals surface area contributed by atoms with E-state index in [4.69, 9.17) is 22.1 Å². The number of carbonyl (C=O) groups excluding carboxylic acids is 1. The second kappa shape index (κ2) is 8.79. The highest BCUT2D eigenvalue weighted by Crippen LogP contribution is 2.22. The van der Waals surface area contributed by atoms with Crippen LogP contribution in [0, 0.1) is 0 Å². The van der Waals surface area contributed by atoms with Crippen LogP contribution in [0.3, 0.4) is 0 Å². The van der Waals surface area contributed by atoms with Crippen molar-refractivity contribution < 1.29 is 9.53 Å². The summed E-state index contributed by atoms with van der Waals surface area (Å²) in [6.45, 7) is 2.43. The van der Waals surface area contributed by atoms with Crippen LogP contribution in [0.2, 0.25) is 5.02 Å². The lowest BCUT2D eigenvalue weighted by atomic mass is 10.2. The van der Waals surface area contributed by atoms with Gasteiger partial charge in [0.2, 0.25) is 5.91 Å². The summed E-state index contributed by atoms with van der Waals surface area (Å²) in [6.07, 6.45) is 1.27. The van der Waals surface area contributed by atoms with Gasteiger partial charge in [-0.2, -0.15) is 0 Å². The van der Waals surface area contributed by atoms with Crippen molar-refractivity contribution in [3.8, 4) is 0 Å². The van der Waals surface area contributed by atoms with E-state index >= 15 is 0 Å². The minimum absolute atomic E-state index is 0.0214. The summed E-state index contributed by atoms with van der Waals surface area (Å²) in [7, 11) is 3.69. The highest BCUT2D eigenvalue weighted by Gasteiger charge is 2.05. The van der Waals surface area contributed by atoms with Gasteiger partial charge in [-0.05, 0) is 38.2 Å². The second-order valence-electron chi connectivity index (χ2n) is 4.68. The van der Waals surface area contributed by atoms with Crippen molar-refractivity contribution in [1.29, 1.82) is 0 Å². The number of nitrogens with zero attached hydrogens (tertiary/aromatic N) is 1. The van der Waals surface area contributed by atoms with Crippen LogP contribution in [0.1, 0.15) is 12.8 Å². The molecule has 0 saturated heterocycles. The minimum atomic E-state index is -0.0214. The number of methoxy groups -OCH3 is 1. The molecule has 0 aliphatic carbocycles. The zero-order chi connectivity index (χ0) is 15.0. The van der Waals surface area contributed by atoms with E-state index in [1.54, 1.807) is 25.3 Å². The predicted octanol–water partition coefficient (Wildman–Crippen LogP) is 2.22. The maximum absolute atomic E-state index is 11.8. The number of amides is 1. The smallest absolute Gasteiger partial charge is 0.224 e. The Morgan fingerprint density at radius 1 is 1.45 bits per heavy atom. The van der Waals surface area contributed by atoms with Crippen molar-refractivity contribution in [2.75, 3.05) is 44.9 Å². The first-order valence-electron chi connectivity index (χ1n) is 6.55. The topological polar surface area (TPSA) is 67.6 Å². The highest BCUT2D eigenvalue weighted by atomic mass is 35.5. The van der Waals surface area contributed by atoms with Crippen molar-refractivity contribution in [2.45, 2.75) is 12.8 Å². The lowest BCUT2D eigenvalue weighted by Crippen LogP contribution is -2.25. The second-order valence-corrected chi connectivity index (χ2v) is 5.09. The van der Waals surface area contributed by atoms with Gasteiger partial charge in [-0.1, -0.05) is 11.6 Å². The molecule has 0 aliphatic rings. The highest BCUT2D eigenvalue weighted by molar-refractivity contribution is 6.33. The first-order valence-corrected chi connectivity index (χ1v) is 6.93. The van der Waals surface area contributed by atoms with Crippen LogP contribution in [0.15, 0.2) is 18.2 Å². The Balaban J connectivity index is 2.28. The zero-order valence-corrected chi connectivity index (χ0v) is 12.7. The number of nitrogens with two attached hydrogens (primary N) is 1. The number of benzene rings is 1. The van der Waals surface area contributed by atoms with Crippen LogP contribution in [-0.2, 0) is 9.53 Å². The molecule has 112 valence electrons. The normalized spacial score (nSPS) is 10.8. The summed E-state index contributed by atoms with van der Waals surface area (Å²) in [5, 5.41) is 3.29. The number of anilines is 2. The third kappa shape index (κ3) is 6.23. The molecule has 0 radical (unpaired) electrons. The van der Waals surface area contributed by atoms with E-state index < -0.39 is 0 Å². The van der Waals surface area contributed by atoms with Crippen molar-refractivity contribution in [1.82, 2.24) is 4.90 Å². The van der Waals surface area contributed by atoms with Gasteiger partial charge in [0.25, 0.3) is 0 Å². The van der Waals surface area contributed by atoms with E-state index in [2.05, 4.69) is 10.2 Å². The van der Waals surface area contributed by atoms with Crippen LogP contribution in [-0.4, -0.2) is 44.7 Å². The zero-order valence-electron chi connectivity index (χ0n) is 12.0. The molecule has 0 aliphatic heterocycles. The number of nitrogen functional groups attached to an aromatic ring is 1. The third-order valence-electron chi connectivity index (χ3n) is 2.90. The Labute approximate surface area is 125 Å². The van der Waals surface area contributed by atoms with Gasteiger partial charge in [-0.15, -0.1) is 0 Å². The quantitative estimate of drug-likeness (QED) is 0.722. The standard InChI is InChI=1S/C14H22ClN3O2/c1-18(8-9-20-2)7-3-4-14(19)17-11-5-6-12(15)13(16)10-11/h5-6,10H,3-4,7-9,16H2,1-2H3,(H,17,19). The summed E-state index contributed by atoms with van der Waals surface area (Å²) in [5.41, 5.74) is 6.81. The molecule has 0 heterocycles. The Morgan fingerprint density at radius 2 is 2.20 bits per heavy atom. The van der Waals surface area contributed by atoms with Gasteiger partial charge in [-0.3, -0.25) is 4.79 Å². The molecule has 1 amide bonds.